The first-order valence-electron chi connectivity index (χ1n) is 7.28. The van der Waals surface area contributed by atoms with E-state index in [1.807, 2.05) is 30.3 Å². The minimum absolute atomic E-state index is 0.248. The molecule has 7 heteroatoms. The summed E-state index contributed by atoms with van der Waals surface area (Å²) >= 11 is 9.51. The normalized spacial score (nSPS) is 11.9. The predicted molar refractivity (Wildman–Crippen MR) is 95.8 cm³/mol. The van der Waals surface area contributed by atoms with Crippen molar-refractivity contribution in [2.45, 2.75) is 12.6 Å². The van der Waals surface area contributed by atoms with Crippen LogP contribution in [0.15, 0.2) is 65.4 Å². The molecule has 0 saturated carbocycles. The second kappa shape index (κ2) is 7.59. The number of aromatic nitrogens is 3. The third-order valence-corrected chi connectivity index (χ3v) is 4.32. The zero-order valence-electron chi connectivity index (χ0n) is 12.6. The van der Waals surface area contributed by atoms with Crippen molar-refractivity contribution < 1.29 is 4.79 Å². The molecule has 0 aliphatic carbocycles. The summed E-state index contributed by atoms with van der Waals surface area (Å²) < 4.78 is 0.794. The smallest absolute Gasteiger partial charge is 0.253 e. The summed E-state index contributed by atoms with van der Waals surface area (Å²) in [6.07, 6.45) is 3.21. The number of nitrogens with zero attached hydrogens (tertiary/aromatic N) is 3. The van der Waals surface area contributed by atoms with Gasteiger partial charge in [0.1, 0.15) is 0 Å². The second-order valence-electron chi connectivity index (χ2n) is 5.14. The summed E-state index contributed by atoms with van der Waals surface area (Å²) in [5, 5.41) is 11.6. The number of benzene rings is 2. The predicted octanol–water partition coefficient (Wildman–Crippen LogP) is 3.87. The lowest BCUT2D eigenvalue weighted by Gasteiger charge is -2.19. The van der Waals surface area contributed by atoms with Crippen LogP contribution in [-0.2, 0) is 6.54 Å². The lowest BCUT2D eigenvalue weighted by atomic mass is 10.1. The van der Waals surface area contributed by atoms with Gasteiger partial charge in [-0.15, -0.1) is 0 Å². The molecule has 1 atom stereocenters. The highest BCUT2D eigenvalue weighted by Crippen LogP contribution is 2.22. The van der Waals surface area contributed by atoms with Crippen molar-refractivity contribution in [3.63, 3.8) is 0 Å². The van der Waals surface area contributed by atoms with Crippen molar-refractivity contribution in [2.75, 3.05) is 0 Å². The fourth-order valence-corrected chi connectivity index (χ4v) is 2.89. The summed E-state index contributed by atoms with van der Waals surface area (Å²) in [6, 6.07) is 14.6. The van der Waals surface area contributed by atoms with Gasteiger partial charge in [0.2, 0.25) is 0 Å². The van der Waals surface area contributed by atoms with Crippen molar-refractivity contribution in [1.82, 2.24) is 20.3 Å². The van der Waals surface area contributed by atoms with E-state index in [1.54, 1.807) is 35.4 Å². The summed E-state index contributed by atoms with van der Waals surface area (Å²) in [4.78, 5) is 14.2. The molecule has 1 heterocycles. The first kappa shape index (κ1) is 16.7. The van der Waals surface area contributed by atoms with Gasteiger partial charge < -0.3 is 5.32 Å². The number of amides is 1. The van der Waals surface area contributed by atoms with Crippen molar-refractivity contribution in [3.05, 3.63) is 81.5 Å². The number of rotatable bonds is 5. The Labute approximate surface area is 152 Å². The summed E-state index contributed by atoms with van der Waals surface area (Å²) in [5.74, 6) is -0.248. The largest absolute Gasteiger partial charge is 0.343 e. The summed E-state index contributed by atoms with van der Waals surface area (Å²) in [5.41, 5.74) is 1.38. The van der Waals surface area contributed by atoms with Crippen LogP contribution in [-0.4, -0.2) is 20.9 Å². The number of halogens is 2. The van der Waals surface area contributed by atoms with Gasteiger partial charge in [0.05, 0.1) is 35.6 Å². The molecule has 1 unspecified atom stereocenters. The molecule has 0 radical (unpaired) electrons. The molecule has 122 valence electrons. The molecule has 24 heavy (non-hydrogen) atoms. The Balaban J connectivity index is 1.86. The van der Waals surface area contributed by atoms with Crippen molar-refractivity contribution in [1.29, 1.82) is 0 Å². The van der Waals surface area contributed by atoms with Gasteiger partial charge >= 0.3 is 0 Å². The fourth-order valence-electron chi connectivity index (χ4n) is 2.33. The number of carbonyl (C=O) groups is 1. The molecule has 2 aromatic carbocycles. The van der Waals surface area contributed by atoms with E-state index >= 15 is 0 Å². The molecule has 0 saturated heterocycles. The van der Waals surface area contributed by atoms with Crippen LogP contribution < -0.4 is 5.32 Å². The quantitative estimate of drug-likeness (QED) is 0.701. The maximum absolute atomic E-state index is 12.7. The average Bonchev–Trinajstić information content (AvgIpc) is 3.10. The Hall–Kier alpha value is -2.18. The number of carbonyl (C=O) groups excluding carboxylic acids is 1. The standard InChI is InChI=1S/C17H14BrClN4O/c18-13-6-7-15(19)14(10-13)17(24)22-16(11-23-20-8-9-21-23)12-4-2-1-3-5-12/h1-10,16H,11H2,(H,22,24). The lowest BCUT2D eigenvalue weighted by Crippen LogP contribution is -2.32. The van der Waals surface area contributed by atoms with Gasteiger partial charge in [-0.1, -0.05) is 57.9 Å². The highest BCUT2D eigenvalue weighted by atomic mass is 79.9. The molecule has 0 spiro atoms. The van der Waals surface area contributed by atoms with Crippen molar-refractivity contribution in [2.24, 2.45) is 0 Å². The monoisotopic (exact) mass is 404 g/mol. The van der Waals surface area contributed by atoms with Gasteiger partial charge in [0, 0.05) is 4.47 Å². The maximum atomic E-state index is 12.7. The number of nitrogens with one attached hydrogen (secondary N) is 1. The van der Waals surface area contributed by atoms with Gasteiger partial charge in [-0.25, -0.2) is 0 Å². The van der Waals surface area contributed by atoms with Gasteiger partial charge in [-0.05, 0) is 23.8 Å². The second-order valence-corrected chi connectivity index (χ2v) is 6.47. The van der Waals surface area contributed by atoms with Gasteiger partial charge in [-0.3, -0.25) is 4.79 Å². The third-order valence-electron chi connectivity index (χ3n) is 3.49. The molecule has 0 aliphatic rings. The average molecular weight is 406 g/mol. The molecular weight excluding hydrogens is 392 g/mol. The van der Waals surface area contributed by atoms with Crippen LogP contribution in [0.3, 0.4) is 0 Å². The van der Waals surface area contributed by atoms with Crippen molar-refractivity contribution in [3.8, 4) is 0 Å². The summed E-state index contributed by atoms with van der Waals surface area (Å²) in [7, 11) is 0. The topological polar surface area (TPSA) is 59.8 Å². The van der Waals surface area contributed by atoms with Crippen LogP contribution in [0.1, 0.15) is 22.0 Å². The molecule has 3 rings (SSSR count). The Morgan fingerprint density at radius 1 is 1.17 bits per heavy atom. The third kappa shape index (κ3) is 4.01. The first-order chi connectivity index (χ1) is 11.6. The highest BCUT2D eigenvalue weighted by Gasteiger charge is 2.19. The first-order valence-corrected chi connectivity index (χ1v) is 8.45. The SMILES string of the molecule is O=C(NC(Cn1nccn1)c1ccccc1)c1cc(Br)ccc1Cl. The zero-order valence-corrected chi connectivity index (χ0v) is 14.9. The van der Waals surface area contributed by atoms with Crippen LogP contribution in [0.2, 0.25) is 5.02 Å². The van der Waals surface area contributed by atoms with E-state index < -0.39 is 0 Å². The zero-order chi connectivity index (χ0) is 16.9. The Bertz CT molecular complexity index is 824. The molecular formula is C17H14BrClN4O. The van der Waals surface area contributed by atoms with E-state index in [4.69, 9.17) is 11.6 Å². The fraction of sp³-hybridized carbons (Fsp3) is 0.118. The molecule has 0 fully saturated rings. The molecule has 3 aromatic rings. The summed E-state index contributed by atoms with van der Waals surface area (Å²) in [6.45, 7) is 0.425. The Kier molecular flexibility index (Phi) is 5.27. The number of hydrogen-bond donors (Lipinski definition) is 1. The van der Waals surface area contributed by atoms with E-state index in [-0.39, 0.29) is 11.9 Å². The molecule has 0 bridgehead atoms. The maximum Gasteiger partial charge on any atom is 0.253 e. The molecule has 0 aliphatic heterocycles. The van der Waals surface area contributed by atoms with Crippen LogP contribution in [0.4, 0.5) is 0 Å². The van der Waals surface area contributed by atoms with Gasteiger partial charge in [0.25, 0.3) is 5.91 Å². The van der Waals surface area contributed by atoms with E-state index in [0.29, 0.717) is 17.1 Å². The van der Waals surface area contributed by atoms with Gasteiger partial charge in [-0.2, -0.15) is 15.0 Å². The Morgan fingerprint density at radius 2 is 1.88 bits per heavy atom. The van der Waals surface area contributed by atoms with E-state index in [0.717, 1.165) is 10.0 Å². The lowest BCUT2D eigenvalue weighted by molar-refractivity contribution is 0.0931. The molecule has 1 amide bonds. The van der Waals surface area contributed by atoms with E-state index in [9.17, 15) is 4.79 Å². The van der Waals surface area contributed by atoms with Crippen LogP contribution in [0.5, 0.6) is 0 Å². The van der Waals surface area contributed by atoms with E-state index in [1.165, 1.54) is 0 Å². The van der Waals surface area contributed by atoms with Crippen molar-refractivity contribution >= 4 is 33.4 Å². The minimum Gasteiger partial charge on any atom is -0.343 e. The Morgan fingerprint density at radius 3 is 2.58 bits per heavy atom. The highest BCUT2D eigenvalue weighted by molar-refractivity contribution is 9.10. The van der Waals surface area contributed by atoms with Crippen LogP contribution in [0.25, 0.3) is 0 Å². The van der Waals surface area contributed by atoms with Crippen LogP contribution >= 0.6 is 27.5 Å². The van der Waals surface area contributed by atoms with Gasteiger partial charge in [0.15, 0.2) is 0 Å². The van der Waals surface area contributed by atoms with E-state index in [2.05, 4.69) is 31.4 Å². The molecule has 1 N–H and O–H groups in total. The minimum atomic E-state index is -0.277. The molecule has 5 nitrogen and oxygen atoms in total. The van der Waals surface area contributed by atoms with Crippen LogP contribution in [0, 0.1) is 0 Å². The number of hydrogen-bond acceptors (Lipinski definition) is 3. The molecule has 1 aromatic heterocycles.